The number of carbonyl (C=O) groups is 1. The minimum absolute atomic E-state index is 0.100. The molecule has 2 atom stereocenters. The van der Waals surface area contributed by atoms with Crippen LogP contribution in [0.3, 0.4) is 0 Å². The molecule has 1 fully saturated rings. The van der Waals surface area contributed by atoms with Gasteiger partial charge in [0.15, 0.2) is 6.29 Å². The van der Waals surface area contributed by atoms with Crippen molar-refractivity contribution in [2.75, 3.05) is 32.8 Å². The highest BCUT2D eigenvalue weighted by Gasteiger charge is 2.25. The van der Waals surface area contributed by atoms with Gasteiger partial charge in [-0.05, 0) is 54.8 Å². The van der Waals surface area contributed by atoms with Crippen LogP contribution < -0.4 is 14.2 Å². The van der Waals surface area contributed by atoms with Crippen molar-refractivity contribution >= 4 is 29.5 Å². The molecule has 0 aliphatic carbocycles. The van der Waals surface area contributed by atoms with E-state index in [0.29, 0.717) is 58.8 Å². The number of carbonyl (C=O) groups excluding carboxylic acids is 1. The zero-order valence-corrected chi connectivity index (χ0v) is 27.4. The first-order valence-corrected chi connectivity index (χ1v) is 15.9. The summed E-state index contributed by atoms with van der Waals surface area (Å²) in [7, 11) is 0. The van der Waals surface area contributed by atoms with Gasteiger partial charge < -0.3 is 29.3 Å². The van der Waals surface area contributed by atoms with Crippen LogP contribution in [-0.2, 0) is 13.2 Å². The maximum Gasteiger partial charge on any atom is 0.153 e. The summed E-state index contributed by atoms with van der Waals surface area (Å²) in [6.45, 7) is 4.64. The Bertz CT molecular complexity index is 1760. The Morgan fingerprint density at radius 1 is 1.04 bits per heavy atom. The summed E-state index contributed by atoms with van der Waals surface area (Å²) >= 11 is 13.4. The van der Waals surface area contributed by atoms with Crippen LogP contribution >= 0.6 is 23.2 Å². The SMILES string of the molecule is Cc1c(COc2cc(OCc3cncc(C#N)c3)c(C=O)cc2Cl)cccc1-c1cccc(OC[C@H]2CCN(CC(O)CO)C2)c1Cl. The van der Waals surface area contributed by atoms with Gasteiger partial charge in [0, 0.05) is 48.6 Å². The van der Waals surface area contributed by atoms with Crippen molar-refractivity contribution in [3.63, 3.8) is 0 Å². The number of halogens is 2. The van der Waals surface area contributed by atoms with Crippen molar-refractivity contribution in [2.45, 2.75) is 32.7 Å². The van der Waals surface area contributed by atoms with Crippen LogP contribution in [0.5, 0.6) is 17.2 Å². The molecule has 0 bridgehead atoms. The molecular formula is C36H35Cl2N3O6. The van der Waals surface area contributed by atoms with Gasteiger partial charge in [-0.1, -0.05) is 53.5 Å². The average Bonchev–Trinajstić information content (AvgIpc) is 3.54. The van der Waals surface area contributed by atoms with E-state index in [1.54, 1.807) is 18.3 Å². The fourth-order valence-corrected chi connectivity index (χ4v) is 6.07. The second-order valence-electron chi connectivity index (χ2n) is 11.5. The highest BCUT2D eigenvalue weighted by Crippen LogP contribution is 2.39. The standard InChI is InChI=1S/C36H35Cl2N3O6/c1-23-27(22-47-35-12-34(28(18-42)11-32(35)37)46-21-26-10-25(13-39)14-40-15-26)4-2-5-30(23)31-6-3-7-33(36(31)38)45-20-24-8-9-41(16-24)17-29(44)19-43/h2-7,10-12,14-15,18,24,29,43-44H,8-9,16-17,19-22H2,1H3/t24-,29?/m0/s1. The Kier molecular flexibility index (Phi) is 11.7. The van der Waals surface area contributed by atoms with Crippen molar-refractivity contribution in [3.8, 4) is 34.4 Å². The molecule has 1 aliphatic heterocycles. The highest BCUT2D eigenvalue weighted by atomic mass is 35.5. The molecule has 1 aromatic heterocycles. The van der Waals surface area contributed by atoms with Gasteiger partial charge in [0.2, 0.25) is 0 Å². The topological polar surface area (TPSA) is 125 Å². The Morgan fingerprint density at radius 3 is 2.62 bits per heavy atom. The predicted octanol–water partition coefficient (Wildman–Crippen LogP) is 6.26. The number of benzene rings is 3. The molecule has 0 spiro atoms. The quantitative estimate of drug-likeness (QED) is 0.149. The van der Waals surface area contributed by atoms with E-state index in [1.807, 2.05) is 49.4 Å². The van der Waals surface area contributed by atoms with E-state index < -0.39 is 6.10 Å². The molecule has 11 heteroatoms. The van der Waals surface area contributed by atoms with Gasteiger partial charge in [-0.2, -0.15) is 5.26 Å². The lowest BCUT2D eigenvalue weighted by Crippen LogP contribution is -2.33. The van der Waals surface area contributed by atoms with Gasteiger partial charge >= 0.3 is 0 Å². The van der Waals surface area contributed by atoms with E-state index in [0.717, 1.165) is 41.8 Å². The van der Waals surface area contributed by atoms with Crippen LogP contribution in [0, 0.1) is 24.2 Å². The summed E-state index contributed by atoms with van der Waals surface area (Å²) in [6.07, 6.45) is 3.93. The molecule has 9 nitrogen and oxygen atoms in total. The number of nitriles is 1. The minimum atomic E-state index is -0.736. The molecular weight excluding hydrogens is 641 g/mol. The summed E-state index contributed by atoms with van der Waals surface area (Å²) < 4.78 is 18.2. The number of aliphatic hydroxyl groups is 2. The third-order valence-electron chi connectivity index (χ3n) is 8.12. The lowest BCUT2D eigenvalue weighted by atomic mass is 9.96. The second-order valence-corrected chi connectivity index (χ2v) is 12.3. The number of nitrogens with zero attached hydrogens (tertiary/aromatic N) is 3. The number of aldehydes is 1. The summed E-state index contributed by atoms with van der Waals surface area (Å²) in [5.41, 5.74) is 5.02. The molecule has 2 N–H and O–H groups in total. The molecule has 0 amide bonds. The fraction of sp³-hybridized carbons (Fsp3) is 0.306. The third-order valence-corrected chi connectivity index (χ3v) is 8.80. The molecule has 2 heterocycles. The molecule has 4 aromatic rings. The van der Waals surface area contributed by atoms with Crippen molar-refractivity contribution in [1.29, 1.82) is 5.26 Å². The van der Waals surface area contributed by atoms with E-state index in [2.05, 4.69) is 9.88 Å². The molecule has 5 rings (SSSR count). The zero-order chi connectivity index (χ0) is 33.3. The van der Waals surface area contributed by atoms with Gasteiger partial charge in [0.05, 0.1) is 40.5 Å². The predicted molar refractivity (Wildman–Crippen MR) is 179 cm³/mol. The van der Waals surface area contributed by atoms with Crippen LogP contribution in [0.4, 0.5) is 0 Å². The lowest BCUT2D eigenvalue weighted by Gasteiger charge is -2.19. The van der Waals surface area contributed by atoms with E-state index >= 15 is 0 Å². The monoisotopic (exact) mass is 675 g/mol. The van der Waals surface area contributed by atoms with Gasteiger partial charge in [-0.25, -0.2) is 0 Å². The summed E-state index contributed by atoms with van der Waals surface area (Å²) in [5.74, 6) is 1.55. The lowest BCUT2D eigenvalue weighted by molar-refractivity contribution is 0.0643. The van der Waals surface area contributed by atoms with E-state index in [9.17, 15) is 9.90 Å². The number of β-amino-alcohol motifs (C(OH)–C–C–N with tert-alkyl or cyclic N) is 1. The van der Waals surface area contributed by atoms with Crippen LogP contribution in [0.1, 0.15) is 39.0 Å². The number of pyridine rings is 1. The number of likely N-dealkylation sites (tertiary alicyclic amines) is 1. The Balaban J connectivity index is 1.27. The maximum absolute atomic E-state index is 11.7. The van der Waals surface area contributed by atoms with Crippen LogP contribution in [-0.4, -0.2) is 65.3 Å². The molecule has 244 valence electrons. The molecule has 0 radical (unpaired) electrons. The average molecular weight is 677 g/mol. The summed E-state index contributed by atoms with van der Waals surface area (Å²) in [6, 6.07) is 18.4. The summed E-state index contributed by atoms with van der Waals surface area (Å²) in [4.78, 5) is 17.9. The molecule has 0 saturated carbocycles. The molecule has 1 saturated heterocycles. The number of rotatable bonds is 14. The first kappa shape index (κ1) is 34.2. The zero-order valence-electron chi connectivity index (χ0n) is 25.9. The van der Waals surface area contributed by atoms with Crippen LogP contribution in [0.25, 0.3) is 11.1 Å². The maximum atomic E-state index is 11.7. The summed E-state index contributed by atoms with van der Waals surface area (Å²) in [5, 5.41) is 28.8. The Morgan fingerprint density at radius 2 is 1.83 bits per heavy atom. The third kappa shape index (κ3) is 8.60. The first-order chi connectivity index (χ1) is 22.8. The number of aliphatic hydroxyl groups excluding tert-OH is 2. The number of ether oxygens (including phenoxy) is 3. The Hall–Kier alpha value is -4.17. The first-order valence-electron chi connectivity index (χ1n) is 15.2. The van der Waals surface area contributed by atoms with Crippen LogP contribution in [0.15, 0.2) is 67.0 Å². The smallest absolute Gasteiger partial charge is 0.153 e. The van der Waals surface area contributed by atoms with Crippen LogP contribution in [0.2, 0.25) is 10.0 Å². The molecule has 47 heavy (non-hydrogen) atoms. The van der Waals surface area contributed by atoms with Gasteiger partial charge in [0.1, 0.15) is 36.5 Å². The number of hydrogen-bond acceptors (Lipinski definition) is 9. The molecule has 3 aromatic carbocycles. The molecule has 1 unspecified atom stereocenters. The fourth-order valence-electron chi connectivity index (χ4n) is 5.56. The second kappa shape index (κ2) is 16.1. The van der Waals surface area contributed by atoms with E-state index in [1.165, 1.54) is 12.3 Å². The van der Waals surface area contributed by atoms with Gasteiger partial charge in [-0.3, -0.25) is 9.78 Å². The van der Waals surface area contributed by atoms with Crippen molar-refractivity contribution in [1.82, 2.24) is 9.88 Å². The highest BCUT2D eigenvalue weighted by molar-refractivity contribution is 6.35. The van der Waals surface area contributed by atoms with Gasteiger partial charge in [0.25, 0.3) is 0 Å². The van der Waals surface area contributed by atoms with E-state index in [4.69, 9.17) is 47.8 Å². The minimum Gasteiger partial charge on any atom is -0.492 e. The van der Waals surface area contributed by atoms with Crippen molar-refractivity contribution in [3.05, 3.63) is 105 Å². The number of aromatic nitrogens is 1. The van der Waals surface area contributed by atoms with Crippen molar-refractivity contribution < 1.29 is 29.2 Å². The normalized spacial score (nSPS) is 15.2. The van der Waals surface area contributed by atoms with Gasteiger partial charge in [-0.15, -0.1) is 0 Å². The Labute approximate surface area is 283 Å². The van der Waals surface area contributed by atoms with Crippen molar-refractivity contribution in [2.24, 2.45) is 5.92 Å². The number of hydrogen-bond donors (Lipinski definition) is 2. The largest absolute Gasteiger partial charge is 0.492 e. The molecule has 1 aliphatic rings. The van der Waals surface area contributed by atoms with E-state index in [-0.39, 0.29) is 30.4 Å².